The quantitative estimate of drug-likeness (QED) is 0.808. The number of halogens is 2. The summed E-state index contributed by atoms with van der Waals surface area (Å²) in [5, 5.41) is 3.76. The number of hydrogen-bond acceptors (Lipinski definition) is 1. The van der Waals surface area contributed by atoms with Gasteiger partial charge >= 0.3 is 0 Å². The van der Waals surface area contributed by atoms with Gasteiger partial charge in [0.1, 0.15) is 5.82 Å². The van der Waals surface area contributed by atoms with Gasteiger partial charge in [0.05, 0.1) is 10.7 Å². The lowest BCUT2D eigenvalue weighted by molar-refractivity contribution is 0.628. The second-order valence-electron chi connectivity index (χ2n) is 4.59. The first-order chi connectivity index (χ1) is 9.10. The Kier molecular flexibility index (Phi) is 4.43. The van der Waals surface area contributed by atoms with E-state index >= 15 is 0 Å². The molecule has 19 heavy (non-hydrogen) atoms. The molecule has 0 saturated heterocycles. The van der Waals surface area contributed by atoms with E-state index in [-0.39, 0.29) is 11.9 Å². The van der Waals surface area contributed by atoms with Crippen molar-refractivity contribution in [3.63, 3.8) is 0 Å². The molecule has 1 atom stereocenters. The number of nitrogens with one attached hydrogen (secondary N) is 1. The van der Waals surface area contributed by atoms with Gasteiger partial charge in [0.25, 0.3) is 0 Å². The van der Waals surface area contributed by atoms with Crippen LogP contribution in [0.15, 0.2) is 42.5 Å². The molecular formula is C16H17ClFN. The van der Waals surface area contributed by atoms with E-state index in [2.05, 4.69) is 36.5 Å². The molecule has 2 rings (SSSR count). The molecule has 2 aromatic rings. The minimum atomic E-state index is -0.291. The van der Waals surface area contributed by atoms with Crippen LogP contribution in [-0.2, 0) is 6.42 Å². The monoisotopic (exact) mass is 277 g/mol. The standard InChI is InChI=1S/C16H17ClFN/c1-3-12-4-6-13(7-5-12)11(2)19-16-10-14(18)8-9-15(16)17/h4-11,19H,3H2,1-2H3. The molecule has 1 N–H and O–H groups in total. The van der Waals surface area contributed by atoms with Crippen LogP contribution in [0, 0.1) is 5.82 Å². The highest BCUT2D eigenvalue weighted by molar-refractivity contribution is 6.33. The molecular weight excluding hydrogens is 261 g/mol. The molecule has 3 heteroatoms. The summed E-state index contributed by atoms with van der Waals surface area (Å²) >= 11 is 6.05. The molecule has 0 heterocycles. The van der Waals surface area contributed by atoms with Crippen molar-refractivity contribution in [3.8, 4) is 0 Å². The summed E-state index contributed by atoms with van der Waals surface area (Å²) in [5.41, 5.74) is 3.08. The summed E-state index contributed by atoms with van der Waals surface area (Å²) in [5.74, 6) is -0.291. The van der Waals surface area contributed by atoms with Crippen molar-refractivity contribution in [1.29, 1.82) is 0 Å². The van der Waals surface area contributed by atoms with Crippen LogP contribution in [0.4, 0.5) is 10.1 Å². The molecule has 0 aliphatic carbocycles. The lowest BCUT2D eigenvalue weighted by Gasteiger charge is -2.17. The van der Waals surface area contributed by atoms with Gasteiger partial charge in [-0.1, -0.05) is 42.8 Å². The molecule has 0 aromatic heterocycles. The molecule has 1 unspecified atom stereocenters. The predicted octanol–water partition coefficient (Wildman–Crippen LogP) is 5.21. The molecule has 0 saturated carbocycles. The lowest BCUT2D eigenvalue weighted by atomic mass is 10.0. The van der Waals surface area contributed by atoms with Gasteiger partial charge in [0.2, 0.25) is 0 Å². The van der Waals surface area contributed by atoms with Gasteiger partial charge in [-0.15, -0.1) is 0 Å². The summed E-state index contributed by atoms with van der Waals surface area (Å²) in [6.45, 7) is 4.16. The van der Waals surface area contributed by atoms with Crippen LogP contribution in [0.1, 0.15) is 31.0 Å². The van der Waals surface area contributed by atoms with Gasteiger partial charge in [-0.25, -0.2) is 4.39 Å². The predicted molar refractivity (Wildman–Crippen MR) is 79.3 cm³/mol. The third-order valence-corrected chi connectivity index (χ3v) is 3.52. The highest BCUT2D eigenvalue weighted by atomic mass is 35.5. The molecule has 100 valence electrons. The van der Waals surface area contributed by atoms with Gasteiger partial charge < -0.3 is 5.32 Å². The van der Waals surface area contributed by atoms with Crippen LogP contribution in [0.25, 0.3) is 0 Å². The molecule has 0 aliphatic rings. The number of hydrogen-bond donors (Lipinski definition) is 1. The number of anilines is 1. The number of aryl methyl sites for hydroxylation is 1. The molecule has 0 amide bonds. The summed E-state index contributed by atoms with van der Waals surface area (Å²) in [6, 6.07) is 12.8. The Balaban J connectivity index is 2.15. The van der Waals surface area contributed by atoms with Gasteiger partial charge in [-0.3, -0.25) is 0 Å². The van der Waals surface area contributed by atoms with Crippen LogP contribution < -0.4 is 5.32 Å². The molecule has 1 nitrogen and oxygen atoms in total. The fourth-order valence-corrected chi connectivity index (χ4v) is 2.14. The maximum absolute atomic E-state index is 13.2. The van der Waals surface area contributed by atoms with Gasteiger partial charge in [0.15, 0.2) is 0 Å². The average Bonchev–Trinajstić information content (AvgIpc) is 2.43. The van der Waals surface area contributed by atoms with Crippen molar-refractivity contribution in [2.45, 2.75) is 26.3 Å². The van der Waals surface area contributed by atoms with E-state index in [1.807, 2.05) is 6.92 Å². The molecule has 0 bridgehead atoms. The van der Waals surface area contributed by atoms with E-state index in [4.69, 9.17) is 11.6 Å². The fourth-order valence-electron chi connectivity index (χ4n) is 1.97. The first-order valence-corrected chi connectivity index (χ1v) is 6.78. The Bertz CT molecular complexity index is 551. The fraction of sp³-hybridized carbons (Fsp3) is 0.250. The van der Waals surface area contributed by atoms with E-state index in [0.29, 0.717) is 10.7 Å². The van der Waals surface area contributed by atoms with E-state index in [0.717, 1.165) is 12.0 Å². The van der Waals surface area contributed by atoms with Crippen LogP contribution in [0.5, 0.6) is 0 Å². The maximum atomic E-state index is 13.2. The third kappa shape index (κ3) is 3.48. The summed E-state index contributed by atoms with van der Waals surface area (Å²) in [4.78, 5) is 0. The van der Waals surface area contributed by atoms with E-state index < -0.39 is 0 Å². The van der Waals surface area contributed by atoms with Crippen molar-refractivity contribution in [1.82, 2.24) is 0 Å². The Morgan fingerprint density at radius 3 is 2.47 bits per heavy atom. The Morgan fingerprint density at radius 2 is 1.84 bits per heavy atom. The molecule has 0 spiro atoms. The van der Waals surface area contributed by atoms with Crippen LogP contribution in [0.2, 0.25) is 5.02 Å². The zero-order chi connectivity index (χ0) is 13.8. The zero-order valence-corrected chi connectivity index (χ0v) is 11.8. The van der Waals surface area contributed by atoms with Gasteiger partial charge in [0, 0.05) is 6.04 Å². The smallest absolute Gasteiger partial charge is 0.125 e. The summed E-state index contributed by atoms with van der Waals surface area (Å²) < 4.78 is 13.2. The van der Waals surface area contributed by atoms with Crippen molar-refractivity contribution in [2.75, 3.05) is 5.32 Å². The lowest BCUT2D eigenvalue weighted by Crippen LogP contribution is -2.07. The first kappa shape index (κ1) is 13.9. The first-order valence-electron chi connectivity index (χ1n) is 6.40. The Hall–Kier alpha value is -1.54. The Labute approximate surface area is 118 Å². The van der Waals surface area contributed by atoms with Crippen molar-refractivity contribution >= 4 is 17.3 Å². The maximum Gasteiger partial charge on any atom is 0.125 e. The van der Waals surface area contributed by atoms with Crippen LogP contribution in [-0.4, -0.2) is 0 Å². The SMILES string of the molecule is CCc1ccc(C(C)Nc2cc(F)ccc2Cl)cc1. The van der Waals surface area contributed by atoms with E-state index in [9.17, 15) is 4.39 Å². The normalized spacial score (nSPS) is 12.2. The number of rotatable bonds is 4. The van der Waals surface area contributed by atoms with Crippen molar-refractivity contribution in [2.24, 2.45) is 0 Å². The Morgan fingerprint density at radius 1 is 1.16 bits per heavy atom. The van der Waals surface area contributed by atoms with Crippen LogP contribution >= 0.6 is 11.6 Å². The zero-order valence-electron chi connectivity index (χ0n) is 11.1. The topological polar surface area (TPSA) is 12.0 Å². The summed E-state index contributed by atoms with van der Waals surface area (Å²) in [7, 11) is 0. The van der Waals surface area contributed by atoms with Crippen molar-refractivity contribution < 1.29 is 4.39 Å². The van der Waals surface area contributed by atoms with Gasteiger partial charge in [-0.05, 0) is 42.7 Å². The molecule has 0 radical (unpaired) electrons. The van der Waals surface area contributed by atoms with E-state index in [1.54, 1.807) is 6.07 Å². The molecule has 0 fully saturated rings. The largest absolute Gasteiger partial charge is 0.377 e. The van der Waals surface area contributed by atoms with Crippen molar-refractivity contribution in [3.05, 3.63) is 64.4 Å². The molecule has 0 aliphatic heterocycles. The van der Waals surface area contributed by atoms with Crippen LogP contribution in [0.3, 0.4) is 0 Å². The minimum Gasteiger partial charge on any atom is -0.377 e. The second-order valence-corrected chi connectivity index (χ2v) is 4.99. The minimum absolute atomic E-state index is 0.0743. The highest BCUT2D eigenvalue weighted by Gasteiger charge is 2.08. The summed E-state index contributed by atoms with van der Waals surface area (Å²) in [6.07, 6.45) is 1.03. The van der Waals surface area contributed by atoms with E-state index in [1.165, 1.54) is 17.7 Å². The second kappa shape index (κ2) is 6.07. The molecule has 2 aromatic carbocycles. The highest BCUT2D eigenvalue weighted by Crippen LogP contribution is 2.27. The third-order valence-electron chi connectivity index (χ3n) is 3.19. The number of benzene rings is 2. The average molecular weight is 278 g/mol. The van der Waals surface area contributed by atoms with Gasteiger partial charge in [-0.2, -0.15) is 0 Å².